The minimum atomic E-state index is -0.538. The van der Waals surface area contributed by atoms with Crippen LogP contribution >= 0.6 is 11.3 Å². The molecule has 0 saturated carbocycles. The fourth-order valence-electron chi connectivity index (χ4n) is 2.93. The predicted molar refractivity (Wildman–Crippen MR) is 112 cm³/mol. The van der Waals surface area contributed by atoms with Crippen LogP contribution in [-0.2, 0) is 17.8 Å². The normalized spacial score (nSPS) is 11.0. The van der Waals surface area contributed by atoms with E-state index in [4.69, 9.17) is 4.74 Å². The largest absolute Gasteiger partial charge is 0.454 e. The molecule has 0 bridgehead atoms. The highest BCUT2D eigenvalue weighted by atomic mass is 32.1. The Balaban J connectivity index is 1.47. The van der Waals surface area contributed by atoms with Gasteiger partial charge in [0.25, 0.3) is 5.56 Å². The van der Waals surface area contributed by atoms with Gasteiger partial charge in [0.1, 0.15) is 17.3 Å². The van der Waals surface area contributed by atoms with Crippen LogP contribution in [0.25, 0.3) is 16.2 Å². The first-order chi connectivity index (χ1) is 14.0. The molecule has 6 nitrogen and oxygen atoms in total. The second kappa shape index (κ2) is 7.97. The molecule has 29 heavy (non-hydrogen) atoms. The van der Waals surface area contributed by atoms with E-state index in [1.807, 2.05) is 25.1 Å². The monoisotopic (exact) mass is 405 g/mol. The van der Waals surface area contributed by atoms with E-state index in [2.05, 4.69) is 29.0 Å². The minimum absolute atomic E-state index is 0.0868. The fraction of sp³-hybridized carbons (Fsp3) is 0.182. The van der Waals surface area contributed by atoms with E-state index >= 15 is 0 Å². The Bertz CT molecular complexity index is 1240. The molecular formula is C22H19N3O3S. The molecule has 0 fully saturated rings. The number of pyridine rings is 1. The summed E-state index contributed by atoms with van der Waals surface area (Å²) >= 11 is 1.39. The van der Waals surface area contributed by atoms with Crippen LogP contribution < -0.4 is 5.56 Å². The molecule has 4 aromatic rings. The van der Waals surface area contributed by atoms with E-state index in [-0.39, 0.29) is 17.9 Å². The minimum Gasteiger partial charge on any atom is -0.454 e. The number of carbonyl (C=O) groups is 1. The van der Waals surface area contributed by atoms with Gasteiger partial charge in [-0.3, -0.25) is 9.20 Å². The van der Waals surface area contributed by atoms with Crippen molar-refractivity contribution in [3.63, 3.8) is 0 Å². The Morgan fingerprint density at radius 1 is 1.14 bits per heavy atom. The molecule has 4 rings (SSSR count). The molecule has 0 radical (unpaired) electrons. The van der Waals surface area contributed by atoms with E-state index in [1.165, 1.54) is 27.4 Å². The number of benzene rings is 1. The second-order valence-corrected chi connectivity index (χ2v) is 7.54. The summed E-state index contributed by atoms with van der Waals surface area (Å²) in [5, 5.41) is 2.44. The first kappa shape index (κ1) is 19.0. The molecule has 3 heterocycles. The number of ether oxygens (including phenoxy) is 1. The van der Waals surface area contributed by atoms with Gasteiger partial charge in [-0.15, -0.1) is 11.3 Å². The van der Waals surface area contributed by atoms with Crippen molar-refractivity contribution >= 4 is 23.0 Å². The third-order valence-corrected chi connectivity index (χ3v) is 5.43. The van der Waals surface area contributed by atoms with Crippen LogP contribution in [0.4, 0.5) is 0 Å². The molecule has 0 spiro atoms. The molecule has 0 N–H and O–H groups in total. The lowest BCUT2D eigenvalue weighted by Gasteiger charge is -2.05. The SMILES string of the molecule is CCc1ccc(-c2nc(C(=O)OCc3cc(=O)n4cc(C)ccc4n3)cs2)cc1. The first-order valence-electron chi connectivity index (χ1n) is 9.24. The van der Waals surface area contributed by atoms with Crippen molar-refractivity contribution in [3.05, 3.63) is 86.9 Å². The van der Waals surface area contributed by atoms with Gasteiger partial charge in [0, 0.05) is 23.2 Å². The number of rotatable bonds is 5. The number of aromatic nitrogens is 3. The van der Waals surface area contributed by atoms with Crippen LogP contribution in [0.3, 0.4) is 0 Å². The number of carbonyl (C=O) groups excluding carboxylic acids is 1. The Morgan fingerprint density at radius 2 is 1.93 bits per heavy atom. The number of nitrogens with zero attached hydrogens (tertiary/aromatic N) is 3. The second-order valence-electron chi connectivity index (χ2n) is 6.68. The number of thiazole rings is 1. The third-order valence-electron chi connectivity index (χ3n) is 4.53. The van der Waals surface area contributed by atoms with Crippen molar-refractivity contribution in [2.75, 3.05) is 0 Å². The number of esters is 1. The molecule has 1 aromatic carbocycles. The average Bonchev–Trinajstić information content (AvgIpc) is 3.23. The number of hydrogen-bond donors (Lipinski definition) is 0. The van der Waals surface area contributed by atoms with Gasteiger partial charge in [-0.2, -0.15) is 0 Å². The van der Waals surface area contributed by atoms with Crippen molar-refractivity contribution in [1.82, 2.24) is 14.4 Å². The zero-order valence-corrected chi connectivity index (χ0v) is 16.9. The van der Waals surface area contributed by atoms with Gasteiger partial charge in [0.05, 0.1) is 5.69 Å². The molecule has 3 aromatic heterocycles. The van der Waals surface area contributed by atoms with Gasteiger partial charge in [-0.25, -0.2) is 14.8 Å². The lowest BCUT2D eigenvalue weighted by atomic mass is 10.1. The van der Waals surface area contributed by atoms with Gasteiger partial charge in [0.15, 0.2) is 5.69 Å². The van der Waals surface area contributed by atoms with Crippen LogP contribution in [0.15, 0.2) is 58.8 Å². The molecule has 0 atom stereocenters. The lowest BCUT2D eigenvalue weighted by molar-refractivity contribution is 0.0462. The molecule has 7 heteroatoms. The van der Waals surface area contributed by atoms with E-state index in [0.29, 0.717) is 11.3 Å². The summed E-state index contributed by atoms with van der Waals surface area (Å²) in [4.78, 5) is 33.4. The maximum Gasteiger partial charge on any atom is 0.358 e. The molecule has 0 unspecified atom stereocenters. The van der Waals surface area contributed by atoms with Crippen LogP contribution in [0.5, 0.6) is 0 Å². The Hall–Kier alpha value is -3.32. The summed E-state index contributed by atoms with van der Waals surface area (Å²) in [7, 11) is 0. The fourth-order valence-corrected chi connectivity index (χ4v) is 3.72. The summed E-state index contributed by atoms with van der Waals surface area (Å²) in [6.45, 7) is 3.92. The molecule has 0 aliphatic carbocycles. The molecule has 146 valence electrons. The summed E-state index contributed by atoms with van der Waals surface area (Å²) < 4.78 is 6.79. The molecule has 0 aliphatic rings. The molecule has 0 amide bonds. The average molecular weight is 405 g/mol. The molecule has 0 saturated heterocycles. The van der Waals surface area contributed by atoms with Gasteiger partial charge in [-0.1, -0.05) is 37.3 Å². The van der Waals surface area contributed by atoms with Crippen molar-refractivity contribution in [1.29, 1.82) is 0 Å². The van der Waals surface area contributed by atoms with E-state index < -0.39 is 5.97 Å². The summed E-state index contributed by atoms with van der Waals surface area (Å²) in [5.41, 5.74) is 4.13. The highest BCUT2D eigenvalue weighted by molar-refractivity contribution is 7.13. The highest BCUT2D eigenvalue weighted by Crippen LogP contribution is 2.24. The predicted octanol–water partition coefficient (Wildman–Crippen LogP) is 4.05. The van der Waals surface area contributed by atoms with Gasteiger partial charge in [0.2, 0.25) is 0 Å². The van der Waals surface area contributed by atoms with Gasteiger partial charge < -0.3 is 4.74 Å². The molecule has 0 aliphatic heterocycles. The third kappa shape index (κ3) is 4.09. The zero-order chi connectivity index (χ0) is 20.4. The van der Waals surface area contributed by atoms with Crippen molar-refractivity contribution < 1.29 is 9.53 Å². The van der Waals surface area contributed by atoms with Crippen LogP contribution in [0.1, 0.15) is 34.2 Å². The van der Waals surface area contributed by atoms with Crippen LogP contribution in [0.2, 0.25) is 0 Å². The number of aryl methyl sites for hydroxylation is 2. The quantitative estimate of drug-likeness (QED) is 0.469. The smallest absolute Gasteiger partial charge is 0.358 e. The summed E-state index contributed by atoms with van der Waals surface area (Å²) in [6.07, 6.45) is 2.70. The summed E-state index contributed by atoms with van der Waals surface area (Å²) in [6, 6.07) is 13.1. The van der Waals surface area contributed by atoms with E-state index in [9.17, 15) is 9.59 Å². The van der Waals surface area contributed by atoms with Crippen molar-refractivity contribution in [2.45, 2.75) is 26.9 Å². The first-order valence-corrected chi connectivity index (χ1v) is 10.1. The van der Waals surface area contributed by atoms with Crippen molar-refractivity contribution in [2.24, 2.45) is 0 Å². The van der Waals surface area contributed by atoms with Crippen LogP contribution in [-0.4, -0.2) is 20.3 Å². The van der Waals surface area contributed by atoms with Gasteiger partial charge in [-0.05, 0) is 30.5 Å². The van der Waals surface area contributed by atoms with Crippen LogP contribution in [0, 0.1) is 6.92 Å². The highest BCUT2D eigenvalue weighted by Gasteiger charge is 2.14. The van der Waals surface area contributed by atoms with E-state index in [0.717, 1.165) is 22.6 Å². The Kier molecular flexibility index (Phi) is 5.22. The lowest BCUT2D eigenvalue weighted by Crippen LogP contribution is -2.17. The summed E-state index contributed by atoms with van der Waals surface area (Å²) in [5.74, 6) is -0.538. The zero-order valence-electron chi connectivity index (χ0n) is 16.1. The van der Waals surface area contributed by atoms with Crippen molar-refractivity contribution in [3.8, 4) is 10.6 Å². The Morgan fingerprint density at radius 3 is 2.69 bits per heavy atom. The van der Waals surface area contributed by atoms with Gasteiger partial charge >= 0.3 is 5.97 Å². The maximum absolute atomic E-state index is 12.4. The maximum atomic E-state index is 12.4. The van der Waals surface area contributed by atoms with E-state index in [1.54, 1.807) is 17.6 Å². The topological polar surface area (TPSA) is 73.6 Å². The standard InChI is InChI=1S/C22H19N3O3S/c1-3-15-5-7-16(8-6-15)21-24-18(13-29-21)22(27)28-12-17-10-20(26)25-11-14(2)4-9-19(25)23-17/h4-11,13H,3,12H2,1-2H3. The Labute approximate surface area is 171 Å². The molecular weight excluding hydrogens is 386 g/mol. The number of hydrogen-bond acceptors (Lipinski definition) is 6. The number of fused-ring (bicyclic) bond motifs is 1.